The Kier molecular flexibility index (Phi) is 5.39. The number of benzene rings is 3. The molecule has 1 saturated heterocycles. The predicted molar refractivity (Wildman–Crippen MR) is 117 cm³/mol. The lowest BCUT2D eigenvalue weighted by atomic mass is 10.0. The maximum absolute atomic E-state index is 12.9. The molecule has 1 fully saturated rings. The van der Waals surface area contributed by atoms with Crippen LogP contribution in [-0.4, -0.2) is 45.4 Å². The summed E-state index contributed by atoms with van der Waals surface area (Å²) in [5, 5.41) is 2.40. The minimum atomic E-state index is 0.0118. The lowest BCUT2D eigenvalue weighted by Gasteiger charge is -2.25. The van der Waals surface area contributed by atoms with Gasteiger partial charge in [0.2, 0.25) is 0 Å². The van der Waals surface area contributed by atoms with E-state index in [2.05, 4.69) is 36.4 Å². The SMILES string of the molecule is O=C(COc1ccc2ccccc2c1C[NH+]1CCOCC1)N1CCc2ccccc21. The molecule has 0 unspecified atom stereocenters. The number of nitrogens with zero attached hydrogens (tertiary/aromatic N) is 1. The average molecular weight is 404 g/mol. The molecule has 5 rings (SSSR count). The molecule has 2 aliphatic rings. The number of anilines is 1. The molecule has 0 bridgehead atoms. The fraction of sp³-hybridized carbons (Fsp3) is 0.320. The number of fused-ring (bicyclic) bond motifs is 2. The number of hydrogen-bond donors (Lipinski definition) is 1. The normalized spacial score (nSPS) is 16.6. The number of amides is 1. The molecule has 2 heterocycles. The van der Waals surface area contributed by atoms with Crippen LogP contribution in [0.3, 0.4) is 0 Å². The van der Waals surface area contributed by atoms with Crippen LogP contribution in [0.1, 0.15) is 11.1 Å². The molecule has 3 aromatic carbocycles. The first-order valence-corrected chi connectivity index (χ1v) is 10.7. The Morgan fingerprint density at radius 1 is 1.00 bits per heavy atom. The molecule has 154 valence electrons. The summed E-state index contributed by atoms with van der Waals surface area (Å²) in [5.74, 6) is 0.825. The topological polar surface area (TPSA) is 43.2 Å². The van der Waals surface area contributed by atoms with Crippen molar-refractivity contribution in [2.75, 3.05) is 44.4 Å². The van der Waals surface area contributed by atoms with Crippen LogP contribution in [0.4, 0.5) is 5.69 Å². The quantitative estimate of drug-likeness (QED) is 0.711. The van der Waals surface area contributed by atoms with Gasteiger partial charge in [-0.15, -0.1) is 0 Å². The number of nitrogens with one attached hydrogen (secondary N) is 1. The number of rotatable bonds is 5. The Morgan fingerprint density at radius 2 is 1.80 bits per heavy atom. The number of carbonyl (C=O) groups excluding carboxylic acids is 1. The van der Waals surface area contributed by atoms with E-state index in [0.29, 0.717) is 0 Å². The third kappa shape index (κ3) is 3.78. The molecule has 5 heteroatoms. The summed E-state index contributed by atoms with van der Waals surface area (Å²) in [6.07, 6.45) is 0.906. The van der Waals surface area contributed by atoms with E-state index in [0.717, 1.165) is 57.3 Å². The highest BCUT2D eigenvalue weighted by Crippen LogP contribution is 2.29. The third-order valence-corrected chi connectivity index (χ3v) is 6.16. The molecule has 5 nitrogen and oxygen atoms in total. The smallest absolute Gasteiger partial charge is 0.264 e. The molecule has 0 spiro atoms. The summed E-state index contributed by atoms with van der Waals surface area (Å²) in [4.78, 5) is 16.3. The van der Waals surface area contributed by atoms with Gasteiger partial charge in [0.15, 0.2) is 6.61 Å². The monoisotopic (exact) mass is 403 g/mol. The standard InChI is InChI=1S/C25H26N2O3/c28-25(27-12-11-20-6-2-4-8-23(20)27)18-30-24-10-9-19-5-1-3-7-21(19)22(24)17-26-13-15-29-16-14-26/h1-10H,11-18H2/p+1. The maximum Gasteiger partial charge on any atom is 0.264 e. The van der Waals surface area contributed by atoms with Crippen molar-refractivity contribution in [1.82, 2.24) is 0 Å². The van der Waals surface area contributed by atoms with Gasteiger partial charge in [0.25, 0.3) is 5.91 Å². The number of morpholine rings is 1. The van der Waals surface area contributed by atoms with E-state index in [1.54, 1.807) is 0 Å². The maximum atomic E-state index is 12.9. The van der Waals surface area contributed by atoms with Gasteiger partial charge < -0.3 is 19.3 Å². The van der Waals surface area contributed by atoms with Crippen molar-refractivity contribution in [3.05, 3.63) is 71.8 Å². The van der Waals surface area contributed by atoms with Crippen LogP contribution in [0.15, 0.2) is 60.7 Å². The third-order valence-electron chi connectivity index (χ3n) is 6.16. The number of hydrogen-bond acceptors (Lipinski definition) is 3. The van der Waals surface area contributed by atoms with Gasteiger partial charge in [-0.25, -0.2) is 0 Å². The minimum absolute atomic E-state index is 0.0118. The van der Waals surface area contributed by atoms with E-state index in [1.807, 2.05) is 29.2 Å². The summed E-state index contributed by atoms with van der Waals surface area (Å²) in [7, 11) is 0. The molecule has 0 atom stereocenters. The lowest BCUT2D eigenvalue weighted by Crippen LogP contribution is -3.12. The predicted octanol–water partition coefficient (Wildman–Crippen LogP) is 2.22. The van der Waals surface area contributed by atoms with Gasteiger partial charge in [0.1, 0.15) is 25.4 Å². The van der Waals surface area contributed by atoms with Crippen molar-refractivity contribution in [2.45, 2.75) is 13.0 Å². The van der Waals surface area contributed by atoms with Crippen molar-refractivity contribution in [3.63, 3.8) is 0 Å². The zero-order chi connectivity index (χ0) is 20.3. The molecule has 1 amide bonds. The Hall–Kier alpha value is -2.89. The average Bonchev–Trinajstić information content (AvgIpc) is 3.23. The number of quaternary nitrogens is 1. The lowest BCUT2D eigenvalue weighted by molar-refractivity contribution is -0.921. The zero-order valence-corrected chi connectivity index (χ0v) is 17.1. The van der Waals surface area contributed by atoms with Crippen molar-refractivity contribution in [1.29, 1.82) is 0 Å². The van der Waals surface area contributed by atoms with Crippen LogP contribution in [-0.2, 0) is 22.5 Å². The summed E-state index contributed by atoms with van der Waals surface area (Å²) in [6, 6.07) is 20.6. The van der Waals surface area contributed by atoms with Crippen molar-refractivity contribution < 1.29 is 19.2 Å². The van der Waals surface area contributed by atoms with Gasteiger partial charge in [0, 0.05) is 12.2 Å². The summed E-state index contributed by atoms with van der Waals surface area (Å²) >= 11 is 0. The molecular weight excluding hydrogens is 376 g/mol. The van der Waals surface area contributed by atoms with E-state index in [9.17, 15) is 4.79 Å². The fourth-order valence-electron chi connectivity index (χ4n) is 4.54. The van der Waals surface area contributed by atoms with Crippen LogP contribution in [0.2, 0.25) is 0 Å². The van der Waals surface area contributed by atoms with Crippen molar-refractivity contribution >= 4 is 22.4 Å². The first-order valence-electron chi connectivity index (χ1n) is 10.7. The minimum Gasteiger partial charge on any atom is -0.483 e. The number of para-hydroxylation sites is 1. The van der Waals surface area contributed by atoms with E-state index in [1.165, 1.54) is 26.8 Å². The van der Waals surface area contributed by atoms with Crippen molar-refractivity contribution in [3.8, 4) is 5.75 Å². The first kappa shape index (κ1) is 19.1. The van der Waals surface area contributed by atoms with Gasteiger partial charge >= 0.3 is 0 Å². The molecule has 0 aromatic heterocycles. The molecular formula is C25H27N2O3+. The molecule has 0 aliphatic carbocycles. The van der Waals surface area contributed by atoms with Gasteiger partial charge in [-0.05, 0) is 34.9 Å². The molecule has 3 aromatic rings. The molecule has 0 saturated carbocycles. The highest BCUT2D eigenvalue weighted by molar-refractivity contribution is 5.96. The Bertz CT molecular complexity index is 1060. The Balaban J connectivity index is 1.37. The molecule has 2 aliphatic heterocycles. The van der Waals surface area contributed by atoms with Crippen LogP contribution in [0.25, 0.3) is 10.8 Å². The highest BCUT2D eigenvalue weighted by atomic mass is 16.5. The second-order valence-corrected chi connectivity index (χ2v) is 8.02. The van der Waals surface area contributed by atoms with E-state index < -0.39 is 0 Å². The van der Waals surface area contributed by atoms with Crippen LogP contribution in [0, 0.1) is 0 Å². The molecule has 1 N–H and O–H groups in total. The number of ether oxygens (including phenoxy) is 2. The van der Waals surface area contributed by atoms with Crippen molar-refractivity contribution in [2.24, 2.45) is 0 Å². The van der Waals surface area contributed by atoms with Gasteiger partial charge in [-0.2, -0.15) is 0 Å². The van der Waals surface area contributed by atoms with E-state index >= 15 is 0 Å². The van der Waals surface area contributed by atoms with E-state index in [4.69, 9.17) is 9.47 Å². The largest absolute Gasteiger partial charge is 0.483 e. The van der Waals surface area contributed by atoms with Gasteiger partial charge in [-0.1, -0.05) is 48.5 Å². The Morgan fingerprint density at radius 3 is 2.70 bits per heavy atom. The zero-order valence-electron chi connectivity index (χ0n) is 17.1. The fourth-order valence-corrected chi connectivity index (χ4v) is 4.54. The number of carbonyl (C=O) groups is 1. The summed E-state index contributed by atoms with van der Waals surface area (Å²) < 4.78 is 11.7. The summed E-state index contributed by atoms with van der Waals surface area (Å²) in [5.41, 5.74) is 3.43. The molecule has 0 radical (unpaired) electrons. The van der Waals surface area contributed by atoms with Gasteiger partial charge in [0.05, 0.1) is 18.8 Å². The highest BCUT2D eigenvalue weighted by Gasteiger charge is 2.25. The second-order valence-electron chi connectivity index (χ2n) is 8.02. The van der Waals surface area contributed by atoms with Gasteiger partial charge in [-0.3, -0.25) is 4.79 Å². The van der Waals surface area contributed by atoms with Crippen LogP contribution < -0.4 is 14.5 Å². The Labute approximate surface area is 176 Å². The summed E-state index contributed by atoms with van der Waals surface area (Å²) in [6.45, 7) is 5.23. The first-order chi connectivity index (χ1) is 14.8. The molecule has 30 heavy (non-hydrogen) atoms. The van der Waals surface area contributed by atoms with Crippen LogP contribution >= 0.6 is 0 Å². The van der Waals surface area contributed by atoms with Crippen LogP contribution in [0.5, 0.6) is 5.75 Å². The van der Waals surface area contributed by atoms with E-state index in [-0.39, 0.29) is 12.5 Å². The second kappa shape index (κ2) is 8.46.